The van der Waals surface area contributed by atoms with Crippen LogP contribution in [0, 0.1) is 10.1 Å². The van der Waals surface area contributed by atoms with Crippen LogP contribution in [-0.2, 0) is 6.18 Å². The van der Waals surface area contributed by atoms with E-state index in [1.807, 2.05) is 0 Å². The average Bonchev–Trinajstić information content (AvgIpc) is 2.86. The highest BCUT2D eigenvalue weighted by atomic mass is 19.4. The topological polar surface area (TPSA) is 98.8 Å². The molecule has 0 aromatic carbocycles. The maximum Gasteiger partial charge on any atom is 0.435 e. The number of hydrogen-bond acceptors (Lipinski definition) is 6. The van der Waals surface area contributed by atoms with Gasteiger partial charge in [0.05, 0.1) is 4.92 Å². The van der Waals surface area contributed by atoms with E-state index < -0.39 is 22.5 Å². The maximum absolute atomic E-state index is 12.5. The Morgan fingerprint density at radius 2 is 2.10 bits per heavy atom. The Morgan fingerprint density at radius 1 is 1.40 bits per heavy atom. The molecule has 0 unspecified atom stereocenters. The van der Waals surface area contributed by atoms with Crippen molar-refractivity contribution in [2.75, 3.05) is 12.4 Å². The Labute approximate surface area is 109 Å². The van der Waals surface area contributed by atoms with E-state index in [4.69, 9.17) is 0 Å². The highest BCUT2D eigenvalue weighted by Gasteiger charge is 2.34. The molecule has 0 aliphatic rings. The van der Waals surface area contributed by atoms with Crippen molar-refractivity contribution >= 4 is 11.5 Å². The van der Waals surface area contributed by atoms with E-state index >= 15 is 0 Å². The van der Waals surface area contributed by atoms with E-state index in [-0.39, 0.29) is 11.6 Å². The molecule has 0 aliphatic carbocycles. The second-order valence-corrected chi connectivity index (χ2v) is 3.54. The molecule has 0 spiro atoms. The van der Waals surface area contributed by atoms with Crippen LogP contribution in [0.5, 0.6) is 0 Å². The lowest BCUT2D eigenvalue weighted by Gasteiger charge is -2.05. The number of rotatable bonds is 3. The summed E-state index contributed by atoms with van der Waals surface area (Å²) in [5, 5.41) is 16.7. The Hall–Kier alpha value is -2.72. The quantitative estimate of drug-likeness (QED) is 0.680. The average molecular weight is 288 g/mol. The first-order valence-corrected chi connectivity index (χ1v) is 5.15. The predicted molar refractivity (Wildman–Crippen MR) is 60.4 cm³/mol. The molecular formula is C9H7F3N6O2. The summed E-state index contributed by atoms with van der Waals surface area (Å²) in [6.07, 6.45) is -2.71. The minimum absolute atomic E-state index is 0.121. The van der Waals surface area contributed by atoms with Gasteiger partial charge < -0.3 is 5.32 Å². The monoisotopic (exact) mass is 288 g/mol. The summed E-state index contributed by atoms with van der Waals surface area (Å²) in [5.41, 5.74) is -1.73. The van der Waals surface area contributed by atoms with Gasteiger partial charge in [-0.05, 0) is 6.07 Å². The third kappa shape index (κ3) is 2.37. The van der Waals surface area contributed by atoms with E-state index in [0.717, 1.165) is 12.5 Å². The summed E-state index contributed by atoms with van der Waals surface area (Å²) in [6, 6.07) is 0.699. The molecule has 2 aromatic rings. The van der Waals surface area contributed by atoms with Crippen LogP contribution >= 0.6 is 0 Å². The standard InChI is InChI=1S/C9H7F3N6O2/c1-13-7-6(18(19)20)8(15-4-14-7)17-3-2-5(16-17)9(10,11)12/h2-4H,1H3,(H,13,14,15). The lowest BCUT2D eigenvalue weighted by molar-refractivity contribution is -0.384. The number of hydrogen-bond donors (Lipinski definition) is 1. The van der Waals surface area contributed by atoms with Gasteiger partial charge in [0.15, 0.2) is 5.69 Å². The zero-order chi connectivity index (χ0) is 14.9. The van der Waals surface area contributed by atoms with Crippen molar-refractivity contribution < 1.29 is 18.1 Å². The maximum atomic E-state index is 12.5. The lowest BCUT2D eigenvalue weighted by Crippen LogP contribution is -2.10. The SMILES string of the molecule is CNc1ncnc(-n2ccc(C(F)(F)F)n2)c1[N+](=O)[O-]. The highest BCUT2D eigenvalue weighted by Crippen LogP contribution is 2.30. The van der Waals surface area contributed by atoms with Crippen LogP contribution in [0.1, 0.15) is 5.69 Å². The molecule has 0 bridgehead atoms. The molecule has 0 amide bonds. The number of halogens is 3. The first-order chi connectivity index (χ1) is 9.34. The molecule has 8 nitrogen and oxygen atoms in total. The smallest absolute Gasteiger partial charge is 0.367 e. The Kier molecular flexibility index (Phi) is 3.26. The second-order valence-electron chi connectivity index (χ2n) is 3.54. The lowest BCUT2D eigenvalue weighted by atomic mass is 10.4. The predicted octanol–water partition coefficient (Wildman–Crippen LogP) is 1.63. The van der Waals surface area contributed by atoms with Crippen molar-refractivity contribution in [2.45, 2.75) is 6.18 Å². The largest absolute Gasteiger partial charge is 0.435 e. The zero-order valence-electron chi connectivity index (χ0n) is 9.92. The van der Waals surface area contributed by atoms with E-state index in [0.29, 0.717) is 10.7 Å². The number of nitrogens with one attached hydrogen (secondary N) is 1. The molecule has 0 aliphatic heterocycles. The van der Waals surface area contributed by atoms with Gasteiger partial charge in [0, 0.05) is 13.2 Å². The number of nitrogens with zero attached hydrogens (tertiary/aromatic N) is 5. The van der Waals surface area contributed by atoms with Crippen LogP contribution in [0.4, 0.5) is 24.7 Å². The van der Waals surface area contributed by atoms with Crippen molar-refractivity contribution in [1.82, 2.24) is 19.7 Å². The van der Waals surface area contributed by atoms with Crippen molar-refractivity contribution in [3.05, 3.63) is 34.4 Å². The fourth-order valence-corrected chi connectivity index (χ4v) is 1.48. The van der Waals surface area contributed by atoms with Crippen molar-refractivity contribution in [2.24, 2.45) is 0 Å². The molecule has 1 N–H and O–H groups in total. The number of aromatic nitrogens is 4. The van der Waals surface area contributed by atoms with Crippen LogP contribution in [0.15, 0.2) is 18.6 Å². The summed E-state index contributed by atoms with van der Waals surface area (Å²) >= 11 is 0. The fourth-order valence-electron chi connectivity index (χ4n) is 1.48. The van der Waals surface area contributed by atoms with Crippen LogP contribution in [0.25, 0.3) is 5.82 Å². The van der Waals surface area contributed by atoms with Gasteiger partial charge in [0.2, 0.25) is 11.6 Å². The zero-order valence-corrected chi connectivity index (χ0v) is 9.92. The minimum atomic E-state index is -4.64. The van der Waals surface area contributed by atoms with Crippen LogP contribution in [-0.4, -0.2) is 31.7 Å². The van der Waals surface area contributed by atoms with Gasteiger partial charge in [-0.25, -0.2) is 14.6 Å². The van der Waals surface area contributed by atoms with Gasteiger partial charge in [-0.3, -0.25) is 10.1 Å². The van der Waals surface area contributed by atoms with Gasteiger partial charge >= 0.3 is 11.9 Å². The minimum Gasteiger partial charge on any atom is -0.367 e. The summed E-state index contributed by atoms with van der Waals surface area (Å²) in [6.45, 7) is 0. The molecule has 2 rings (SSSR count). The summed E-state index contributed by atoms with van der Waals surface area (Å²) in [7, 11) is 1.39. The van der Waals surface area contributed by atoms with Gasteiger partial charge in [-0.15, -0.1) is 0 Å². The molecule has 11 heteroatoms. The fraction of sp³-hybridized carbons (Fsp3) is 0.222. The van der Waals surface area contributed by atoms with Gasteiger partial charge in [-0.1, -0.05) is 0 Å². The molecule has 0 saturated carbocycles. The molecule has 0 radical (unpaired) electrons. The number of alkyl halides is 3. The molecule has 20 heavy (non-hydrogen) atoms. The van der Waals surface area contributed by atoms with Gasteiger partial charge in [0.1, 0.15) is 6.33 Å². The van der Waals surface area contributed by atoms with E-state index in [2.05, 4.69) is 20.4 Å². The van der Waals surface area contributed by atoms with Crippen LogP contribution in [0.3, 0.4) is 0 Å². The van der Waals surface area contributed by atoms with Gasteiger partial charge in [0.25, 0.3) is 0 Å². The Morgan fingerprint density at radius 3 is 2.60 bits per heavy atom. The molecule has 2 aromatic heterocycles. The van der Waals surface area contributed by atoms with Crippen molar-refractivity contribution in [3.63, 3.8) is 0 Å². The van der Waals surface area contributed by atoms with Crippen molar-refractivity contribution in [1.29, 1.82) is 0 Å². The van der Waals surface area contributed by atoms with Crippen LogP contribution in [0.2, 0.25) is 0 Å². The van der Waals surface area contributed by atoms with Gasteiger partial charge in [-0.2, -0.15) is 18.3 Å². The summed E-state index contributed by atoms with van der Waals surface area (Å²) in [4.78, 5) is 17.5. The highest BCUT2D eigenvalue weighted by molar-refractivity contribution is 5.63. The normalized spacial score (nSPS) is 11.4. The molecule has 0 saturated heterocycles. The van der Waals surface area contributed by atoms with Crippen molar-refractivity contribution in [3.8, 4) is 5.82 Å². The van der Waals surface area contributed by atoms with Crippen LogP contribution < -0.4 is 5.32 Å². The first kappa shape index (κ1) is 13.7. The Bertz CT molecular complexity index is 653. The molecule has 106 valence electrons. The third-order valence-electron chi connectivity index (χ3n) is 2.32. The molecular weight excluding hydrogens is 281 g/mol. The van der Waals surface area contributed by atoms with E-state index in [9.17, 15) is 23.3 Å². The molecule has 2 heterocycles. The number of nitro groups is 1. The third-order valence-corrected chi connectivity index (χ3v) is 2.32. The van der Waals surface area contributed by atoms with E-state index in [1.54, 1.807) is 0 Å². The molecule has 0 atom stereocenters. The first-order valence-electron chi connectivity index (χ1n) is 5.15. The van der Waals surface area contributed by atoms with E-state index in [1.165, 1.54) is 7.05 Å². The number of anilines is 1. The molecule has 0 fully saturated rings. The second kappa shape index (κ2) is 4.75. The summed E-state index contributed by atoms with van der Waals surface area (Å²) < 4.78 is 38.1. The Balaban J connectivity index is 2.58. The summed E-state index contributed by atoms with van der Waals surface area (Å²) in [5.74, 6) is -0.478.